The quantitative estimate of drug-likeness (QED) is 0.723. The van der Waals surface area contributed by atoms with Crippen molar-refractivity contribution in [2.75, 3.05) is 0 Å². The van der Waals surface area contributed by atoms with E-state index >= 15 is 0 Å². The van der Waals surface area contributed by atoms with Gasteiger partial charge in [0.25, 0.3) is 5.56 Å². The van der Waals surface area contributed by atoms with Gasteiger partial charge in [0.1, 0.15) is 0 Å². The molecule has 0 radical (unpaired) electrons. The fourth-order valence-corrected chi connectivity index (χ4v) is 1.22. The Kier molecular flexibility index (Phi) is 1.99. The third-order valence-corrected chi connectivity index (χ3v) is 2.03. The van der Waals surface area contributed by atoms with Crippen LogP contribution in [0.3, 0.4) is 0 Å². The maximum atomic E-state index is 11.3. The highest BCUT2D eigenvalue weighted by Crippen LogP contribution is 2.12. The molecule has 1 N–H and O–H groups in total. The lowest BCUT2D eigenvalue weighted by molar-refractivity contribution is 0.812. The molecular weight excluding hydrogens is 180 g/mol. The van der Waals surface area contributed by atoms with E-state index in [4.69, 9.17) is 0 Å². The Balaban J connectivity index is 2.74. The zero-order valence-electron chi connectivity index (χ0n) is 7.98. The molecule has 0 unspecified atom stereocenters. The Labute approximate surface area is 80.2 Å². The summed E-state index contributed by atoms with van der Waals surface area (Å²) in [5.74, 6) is 0.320. The maximum absolute atomic E-state index is 11.3. The molecule has 0 amide bonds. The number of H-pyrrole nitrogens is 1. The second kappa shape index (κ2) is 3.17. The normalized spacial score (nSPS) is 11.1. The summed E-state index contributed by atoms with van der Waals surface area (Å²) in [4.78, 5) is 15.5. The van der Waals surface area contributed by atoms with Crippen LogP contribution >= 0.6 is 0 Å². The van der Waals surface area contributed by atoms with Gasteiger partial charge in [-0.25, -0.2) is 10.1 Å². The Morgan fingerprint density at radius 2 is 2.14 bits per heavy atom. The van der Waals surface area contributed by atoms with Gasteiger partial charge in [-0.3, -0.25) is 4.79 Å². The number of hydrogen-bond acceptors (Lipinski definition) is 4. The summed E-state index contributed by atoms with van der Waals surface area (Å²) in [5, 5.41) is 9.97. The molecule has 14 heavy (non-hydrogen) atoms. The molecule has 0 aliphatic carbocycles. The lowest BCUT2D eigenvalue weighted by atomic mass is 10.1. The maximum Gasteiger partial charge on any atom is 0.276 e. The number of nitrogens with one attached hydrogen (secondary N) is 1. The first kappa shape index (κ1) is 8.80. The van der Waals surface area contributed by atoms with Crippen molar-refractivity contribution in [2.45, 2.75) is 19.8 Å². The van der Waals surface area contributed by atoms with Crippen LogP contribution in [0.5, 0.6) is 0 Å². The molecule has 2 aromatic rings. The summed E-state index contributed by atoms with van der Waals surface area (Å²) in [6.07, 6.45) is 0. The Morgan fingerprint density at radius 3 is 2.86 bits per heavy atom. The first-order valence-corrected chi connectivity index (χ1v) is 4.40. The molecular formula is C9H10N4O. The van der Waals surface area contributed by atoms with E-state index in [9.17, 15) is 4.79 Å². The average Bonchev–Trinajstić information content (AvgIpc) is 2.17. The molecule has 72 valence electrons. The van der Waals surface area contributed by atoms with Crippen molar-refractivity contribution in [3.05, 3.63) is 28.2 Å². The van der Waals surface area contributed by atoms with E-state index in [2.05, 4.69) is 20.4 Å². The van der Waals surface area contributed by atoms with Crippen LogP contribution in [0, 0.1) is 0 Å². The fraction of sp³-hybridized carbons (Fsp3) is 0.333. The lowest BCUT2D eigenvalue weighted by Crippen LogP contribution is -2.11. The fourth-order valence-electron chi connectivity index (χ4n) is 1.22. The van der Waals surface area contributed by atoms with Gasteiger partial charge >= 0.3 is 0 Å². The van der Waals surface area contributed by atoms with E-state index in [1.165, 1.54) is 0 Å². The summed E-state index contributed by atoms with van der Waals surface area (Å²) in [6.45, 7) is 4.07. The lowest BCUT2D eigenvalue weighted by Gasteiger charge is -2.03. The molecule has 0 saturated carbocycles. The highest BCUT2D eigenvalue weighted by molar-refractivity contribution is 5.72. The topological polar surface area (TPSA) is 71.5 Å². The van der Waals surface area contributed by atoms with Crippen molar-refractivity contribution in [3.8, 4) is 0 Å². The number of fused-ring (bicyclic) bond motifs is 1. The Morgan fingerprint density at radius 1 is 1.36 bits per heavy atom. The predicted molar refractivity (Wildman–Crippen MR) is 52.0 cm³/mol. The molecule has 5 heteroatoms. The van der Waals surface area contributed by atoms with Gasteiger partial charge in [-0.15, -0.1) is 5.10 Å². The minimum absolute atomic E-state index is 0.252. The van der Waals surface area contributed by atoms with Crippen LogP contribution in [0.15, 0.2) is 16.9 Å². The van der Waals surface area contributed by atoms with Crippen molar-refractivity contribution >= 4 is 11.0 Å². The minimum Gasteiger partial charge on any atom is -0.267 e. The van der Waals surface area contributed by atoms with Gasteiger partial charge in [-0.2, -0.15) is 0 Å². The Hall–Kier alpha value is -1.78. The van der Waals surface area contributed by atoms with Gasteiger partial charge in [-0.1, -0.05) is 19.1 Å². The third-order valence-electron chi connectivity index (χ3n) is 2.03. The summed E-state index contributed by atoms with van der Waals surface area (Å²) in [6, 6.07) is 3.56. The molecule has 0 aliphatic heterocycles. The van der Waals surface area contributed by atoms with Crippen LogP contribution in [0.25, 0.3) is 11.0 Å². The second-order valence-corrected chi connectivity index (χ2v) is 3.40. The molecule has 2 aromatic heterocycles. The van der Waals surface area contributed by atoms with Gasteiger partial charge in [-0.05, 0) is 18.1 Å². The average molecular weight is 190 g/mol. The molecule has 5 nitrogen and oxygen atoms in total. The smallest absolute Gasteiger partial charge is 0.267 e. The molecule has 0 saturated heterocycles. The molecule has 0 fully saturated rings. The van der Waals surface area contributed by atoms with Gasteiger partial charge in [0, 0.05) is 5.69 Å². The number of hydrogen-bond donors (Lipinski definition) is 1. The van der Waals surface area contributed by atoms with Crippen LogP contribution in [0.2, 0.25) is 0 Å². The number of aromatic amines is 1. The van der Waals surface area contributed by atoms with Crippen LogP contribution in [0.1, 0.15) is 25.5 Å². The van der Waals surface area contributed by atoms with E-state index in [0.717, 1.165) is 5.69 Å². The molecule has 0 aliphatic rings. The van der Waals surface area contributed by atoms with E-state index in [1.807, 2.05) is 19.9 Å². The number of rotatable bonds is 1. The first-order valence-electron chi connectivity index (χ1n) is 4.40. The third kappa shape index (κ3) is 1.37. The van der Waals surface area contributed by atoms with Gasteiger partial charge in [0.15, 0.2) is 5.65 Å². The van der Waals surface area contributed by atoms with Crippen LogP contribution in [-0.4, -0.2) is 20.4 Å². The molecule has 0 aromatic carbocycles. The van der Waals surface area contributed by atoms with E-state index < -0.39 is 0 Å². The number of nitrogens with zero attached hydrogens (tertiary/aromatic N) is 3. The van der Waals surface area contributed by atoms with Crippen LogP contribution < -0.4 is 5.56 Å². The SMILES string of the molecule is CC(C)c1ccc2c(=O)[nH]nnc2n1. The molecule has 2 heterocycles. The predicted octanol–water partition coefficient (Wildman–Crippen LogP) is 0.837. The van der Waals surface area contributed by atoms with Crippen molar-refractivity contribution in [1.29, 1.82) is 0 Å². The summed E-state index contributed by atoms with van der Waals surface area (Å²) in [5.41, 5.74) is 1.06. The van der Waals surface area contributed by atoms with Crippen molar-refractivity contribution in [1.82, 2.24) is 20.4 Å². The zero-order valence-corrected chi connectivity index (χ0v) is 7.98. The summed E-state index contributed by atoms with van der Waals surface area (Å²) >= 11 is 0. The van der Waals surface area contributed by atoms with E-state index in [0.29, 0.717) is 17.0 Å². The highest BCUT2D eigenvalue weighted by atomic mass is 16.1. The molecule has 0 spiro atoms. The molecule has 2 rings (SSSR count). The van der Waals surface area contributed by atoms with Crippen LogP contribution in [0.4, 0.5) is 0 Å². The van der Waals surface area contributed by atoms with Gasteiger partial charge < -0.3 is 0 Å². The molecule has 0 bridgehead atoms. The minimum atomic E-state index is -0.252. The monoisotopic (exact) mass is 190 g/mol. The second-order valence-electron chi connectivity index (χ2n) is 3.40. The number of aromatic nitrogens is 4. The van der Waals surface area contributed by atoms with Gasteiger partial charge in [0.2, 0.25) is 0 Å². The zero-order chi connectivity index (χ0) is 10.1. The first-order chi connectivity index (χ1) is 6.68. The van der Waals surface area contributed by atoms with Crippen molar-refractivity contribution in [3.63, 3.8) is 0 Å². The standard InChI is InChI=1S/C9H10N4O/c1-5(2)7-4-3-6-8(10-7)11-13-12-9(6)14/h3-5H,1-2H3,(H,10,11,12,14). The van der Waals surface area contributed by atoms with E-state index in [1.54, 1.807) is 6.07 Å². The van der Waals surface area contributed by atoms with Crippen molar-refractivity contribution in [2.24, 2.45) is 0 Å². The molecule has 0 atom stereocenters. The number of pyridine rings is 1. The summed E-state index contributed by atoms with van der Waals surface area (Å²) < 4.78 is 0. The van der Waals surface area contributed by atoms with Crippen molar-refractivity contribution < 1.29 is 0 Å². The highest BCUT2D eigenvalue weighted by Gasteiger charge is 2.05. The van der Waals surface area contributed by atoms with E-state index in [-0.39, 0.29) is 5.56 Å². The van der Waals surface area contributed by atoms with Crippen LogP contribution in [-0.2, 0) is 0 Å². The largest absolute Gasteiger partial charge is 0.276 e. The summed E-state index contributed by atoms with van der Waals surface area (Å²) in [7, 11) is 0. The van der Waals surface area contributed by atoms with Gasteiger partial charge in [0.05, 0.1) is 5.39 Å². The Bertz CT molecular complexity index is 517.